The van der Waals surface area contributed by atoms with E-state index in [2.05, 4.69) is 26.0 Å². The Balaban J connectivity index is 0. The van der Waals surface area contributed by atoms with Gasteiger partial charge < -0.3 is 0 Å². The molecule has 1 rings (SSSR count). The van der Waals surface area contributed by atoms with Crippen molar-refractivity contribution in [2.75, 3.05) is 0 Å². The van der Waals surface area contributed by atoms with Gasteiger partial charge in [0.25, 0.3) is 0 Å². The second-order valence-electron chi connectivity index (χ2n) is 4.17. The molecule has 0 aromatic heterocycles. The van der Waals surface area contributed by atoms with Crippen molar-refractivity contribution in [2.45, 2.75) is 91.9 Å². The lowest BCUT2D eigenvalue weighted by atomic mass is 10.1. The summed E-state index contributed by atoms with van der Waals surface area (Å²) in [6.45, 7) is 8.51. The topological polar surface area (TPSA) is 0 Å². The summed E-state index contributed by atoms with van der Waals surface area (Å²) in [5.74, 6) is 0. The molecule has 16 heavy (non-hydrogen) atoms. The molecule has 0 aromatic rings. The van der Waals surface area contributed by atoms with Gasteiger partial charge in [-0.1, -0.05) is 78.4 Å². The first-order chi connectivity index (χ1) is 7.91. The Morgan fingerprint density at radius 1 is 0.688 bits per heavy atom. The normalized spacial score (nSPS) is 13.2. The molecule has 0 spiro atoms. The summed E-state index contributed by atoms with van der Waals surface area (Å²) >= 11 is 0. The molecule has 0 unspecified atom stereocenters. The van der Waals surface area contributed by atoms with Gasteiger partial charge in [0.15, 0.2) is 0 Å². The lowest BCUT2D eigenvalue weighted by Gasteiger charge is -1.97. The van der Waals surface area contributed by atoms with Gasteiger partial charge in [-0.25, -0.2) is 0 Å². The van der Waals surface area contributed by atoms with Crippen molar-refractivity contribution in [1.82, 2.24) is 0 Å². The highest BCUT2D eigenvalue weighted by molar-refractivity contribution is 4.85. The van der Waals surface area contributed by atoms with Crippen LogP contribution in [0, 0.1) is 0 Å². The van der Waals surface area contributed by atoms with Crippen LogP contribution in [0.2, 0.25) is 0 Å². The third kappa shape index (κ3) is 19.3. The molecule has 0 saturated carbocycles. The van der Waals surface area contributed by atoms with Crippen LogP contribution in [0.5, 0.6) is 0 Å². The van der Waals surface area contributed by atoms with E-state index < -0.39 is 0 Å². The fraction of sp³-hybridized carbons (Fsp3) is 0.875. The van der Waals surface area contributed by atoms with Gasteiger partial charge in [-0.15, -0.1) is 0 Å². The van der Waals surface area contributed by atoms with E-state index in [0.29, 0.717) is 0 Å². The zero-order valence-electron chi connectivity index (χ0n) is 12.2. The summed E-state index contributed by atoms with van der Waals surface area (Å²) < 4.78 is 0. The van der Waals surface area contributed by atoms with Gasteiger partial charge in [0, 0.05) is 0 Å². The molecular formula is C16H34. The Hall–Kier alpha value is -0.260. The summed E-state index contributed by atoms with van der Waals surface area (Å²) in [4.78, 5) is 0. The maximum Gasteiger partial charge on any atom is -0.0351 e. The molecule has 0 atom stereocenters. The van der Waals surface area contributed by atoms with Crippen molar-refractivity contribution in [2.24, 2.45) is 0 Å². The molecule has 1 aliphatic carbocycles. The molecule has 0 N–H and O–H groups in total. The van der Waals surface area contributed by atoms with Gasteiger partial charge in [0.05, 0.1) is 0 Å². The van der Waals surface area contributed by atoms with Crippen LogP contribution >= 0.6 is 0 Å². The van der Waals surface area contributed by atoms with Crippen LogP contribution in [0.1, 0.15) is 91.9 Å². The quantitative estimate of drug-likeness (QED) is 0.370. The minimum absolute atomic E-state index is 1.32. The van der Waals surface area contributed by atoms with Crippen LogP contribution < -0.4 is 0 Å². The van der Waals surface area contributed by atoms with E-state index in [1.807, 2.05) is 13.8 Å². The van der Waals surface area contributed by atoms with Gasteiger partial charge in [0.2, 0.25) is 0 Å². The zero-order valence-corrected chi connectivity index (χ0v) is 12.2. The third-order valence-corrected chi connectivity index (χ3v) is 2.62. The molecule has 0 aromatic carbocycles. The molecule has 0 radical (unpaired) electrons. The van der Waals surface area contributed by atoms with Crippen LogP contribution in [-0.4, -0.2) is 0 Å². The van der Waals surface area contributed by atoms with Crippen molar-refractivity contribution < 1.29 is 0 Å². The van der Waals surface area contributed by atoms with Gasteiger partial charge in [-0.05, 0) is 25.7 Å². The second kappa shape index (κ2) is 20.2. The summed E-state index contributed by atoms with van der Waals surface area (Å²) in [5, 5.41) is 0. The number of allylic oxidation sites excluding steroid dienone is 2. The Bertz CT molecular complexity index is 99.2. The minimum Gasteiger partial charge on any atom is -0.0885 e. The standard InChI is InChI=1S/C8H18.C6H10.C2H6/c1-3-5-7-8-6-4-2;1-2-4-6-5-3-1;1-2/h3-8H2,1-2H3;1-2H,3-6H2;1-2H3. The van der Waals surface area contributed by atoms with E-state index in [1.165, 1.54) is 64.2 Å². The predicted molar refractivity (Wildman–Crippen MR) is 78.0 cm³/mol. The average molecular weight is 226 g/mol. The maximum absolute atomic E-state index is 2.27. The van der Waals surface area contributed by atoms with Gasteiger partial charge in [0.1, 0.15) is 0 Å². The smallest absolute Gasteiger partial charge is 0.0351 e. The molecule has 0 aliphatic heterocycles. The number of rotatable bonds is 5. The first-order valence-corrected chi connectivity index (χ1v) is 7.56. The van der Waals surface area contributed by atoms with E-state index >= 15 is 0 Å². The fourth-order valence-corrected chi connectivity index (χ4v) is 1.61. The van der Waals surface area contributed by atoms with Crippen LogP contribution in [0.25, 0.3) is 0 Å². The summed E-state index contributed by atoms with van der Waals surface area (Å²) in [7, 11) is 0. The number of hydrogen-bond donors (Lipinski definition) is 0. The van der Waals surface area contributed by atoms with Crippen molar-refractivity contribution in [1.29, 1.82) is 0 Å². The first kappa shape index (κ1) is 18.1. The second-order valence-corrected chi connectivity index (χ2v) is 4.17. The molecule has 0 heterocycles. The van der Waals surface area contributed by atoms with Crippen LogP contribution in [-0.2, 0) is 0 Å². The molecule has 98 valence electrons. The highest BCUT2D eigenvalue weighted by Gasteiger charge is 1.87. The van der Waals surface area contributed by atoms with Gasteiger partial charge in [-0.2, -0.15) is 0 Å². The van der Waals surface area contributed by atoms with Crippen molar-refractivity contribution in [3.05, 3.63) is 12.2 Å². The minimum atomic E-state index is 1.32. The van der Waals surface area contributed by atoms with E-state index in [0.717, 1.165) is 0 Å². The Kier molecular flexibility index (Phi) is 22.9. The molecule has 0 fully saturated rings. The van der Waals surface area contributed by atoms with Gasteiger partial charge in [-0.3, -0.25) is 0 Å². The number of unbranched alkanes of at least 4 members (excludes halogenated alkanes) is 5. The average Bonchev–Trinajstić information content (AvgIpc) is 2.40. The first-order valence-electron chi connectivity index (χ1n) is 7.56. The van der Waals surface area contributed by atoms with E-state index in [1.54, 1.807) is 0 Å². The zero-order chi connectivity index (χ0) is 12.5. The Morgan fingerprint density at radius 3 is 1.25 bits per heavy atom. The summed E-state index contributed by atoms with van der Waals surface area (Å²) in [6, 6.07) is 0. The van der Waals surface area contributed by atoms with E-state index in [9.17, 15) is 0 Å². The fourth-order valence-electron chi connectivity index (χ4n) is 1.61. The highest BCUT2D eigenvalue weighted by Crippen LogP contribution is 2.07. The number of hydrogen-bond acceptors (Lipinski definition) is 0. The van der Waals surface area contributed by atoms with Crippen LogP contribution in [0.15, 0.2) is 12.2 Å². The maximum atomic E-state index is 2.27. The molecule has 0 heteroatoms. The van der Waals surface area contributed by atoms with Crippen LogP contribution in [0.3, 0.4) is 0 Å². The molecule has 0 saturated heterocycles. The predicted octanol–water partition coefficient (Wildman–Crippen LogP) is 6.51. The van der Waals surface area contributed by atoms with Crippen molar-refractivity contribution >= 4 is 0 Å². The third-order valence-electron chi connectivity index (χ3n) is 2.62. The van der Waals surface area contributed by atoms with E-state index in [-0.39, 0.29) is 0 Å². The van der Waals surface area contributed by atoms with Crippen molar-refractivity contribution in [3.63, 3.8) is 0 Å². The molecule has 1 aliphatic rings. The van der Waals surface area contributed by atoms with E-state index in [4.69, 9.17) is 0 Å². The monoisotopic (exact) mass is 226 g/mol. The largest absolute Gasteiger partial charge is 0.0885 e. The van der Waals surface area contributed by atoms with Crippen molar-refractivity contribution in [3.8, 4) is 0 Å². The molecular weight excluding hydrogens is 192 g/mol. The SMILES string of the molecule is C1=CCCCC1.CC.CCCCCCCC. The molecule has 0 amide bonds. The Morgan fingerprint density at radius 2 is 1.06 bits per heavy atom. The summed E-state index contributed by atoms with van der Waals surface area (Å²) in [5.41, 5.74) is 0. The molecule has 0 bridgehead atoms. The lowest BCUT2D eigenvalue weighted by Crippen LogP contribution is -1.77. The lowest BCUT2D eigenvalue weighted by molar-refractivity contribution is 0.624. The Labute approximate surface area is 105 Å². The van der Waals surface area contributed by atoms with Crippen LogP contribution in [0.4, 0.5) is 0 Å². The van der Waals surface area contributed by atoms with Gasteiger partial charge >= 0.3 is 0 Å². The highest BCUT2D eigenvalue weighted by atomic mass is 13.9. The molecule has 0 nitrogen and oxygen atoms in total. The summed E-state index contributed by atoms with van der Waals surface area (Å²) in [6.07, 6.45) is 18.5.